The Kier molecular flexibility index (Phi) is 24.9. The monoisotopic (exact) mass is 1030 g/mol. The fourth-order valence-corrected chi connectivity index (χ4v) is 11.5. The van der Waals surface area contributed by atoms with Crippen molar-refractivity contribution in [3.63, 3.8) is 0 Å². The fourth-order valence-electron chi connectivity index (χ4n) is 9.51. The largest absolute Gasteiger partial charge is 0.462 e. The van der Waals surface area contributed by atoms with Gasteiger partial charge in [-0.1, -0.05) is 112 Å². The highest BCUT2D eigenvalue weighted by Gasteiger charge is 2.52. The van der Waals surface area contributed by atoms with Gasteiger partial charge in [-0.25, -0.2) is 0 Å². The first-order valence-electron chi connectivity index (χ1n) is 25.7. The van der Waals surface area contributed by atoms with Crippen molar-refractivity contribution in [2.75, 3.05) is 13.1 Å². The molecule has 2 bridgehead atoms. The van der Waals surface area contributed by atoms with E-state index in [0.717, 1.165) is 12.1 Å². The minimum Gasteiger partial charge on any atom is -0.462 e. The molecule has 72 heavy (non-hydrogen) atoms. The molecule has 19 heteroatoms. The first-order valence-corrected chi connectivity index (χ1v) is 29.1. The topological polar surface area (TPSA) is 303 Å². The van der Waals surface area contributed by atoms with E-state index in [1.54, 1.807) is 56.1 Å². The smallest absolute Gasteiger partial charge is 0.308 e. The van der Waals surface area contributed by atoms with Gasteiger partial charge >= 0.3 is 5.97 Å². The summed E-state index contributed by atoms with van der Waals surface area (Å²) in [7, 11) is -1.53. The van der Waals surface area contributed by atoms with Crippen LogP contribution in [0.1, 0.15) is 79.1 Å². The summed E-state index contributed by atoms with van der Waals surface area (Å²) in [5.41, 5.74) is 6.15. The van der Waals surface area contributed by atoms with Crippen molar-refractivity contribution in [3.8, 4) is 0 Å². The first kappa shape index (κ1) is 61.3. The van der Waals surface area contributed by atoms with Gasteiger partial charge in [0.05, 0.1) is 93.6 Å². The number of fused-ring (bicyclic) bond motifs is 2. The minimum absolute atomic E-state index is 0.0838. The lowest BCUT2D eigenvalue weighted by molar-refractivity contribution is -0.308. The van der Waals surface area contributed by atoms with Crippen molar-refractivity contribution >= 4 is 20.0 Å². The number of cyclic esters (lactones) is 1. The van der Waals surface area contributed by atoms with Gasteiger partial charge in [0, 0.05) is 50.6 Å². The van der Waals surface area contributed by atoms with Gasteiger partial charge in [-0.2, -0.15) is 0 Å². The molecule has 2 unspecified atom stereocenters. The molecule has 0 aliphatic carbocycles. The van der Waals surface area contributed by atoms with Gasteiger partial charge in [0.2, 0.25) is 5.91 Å². The Morgan fingerprint density at radius 2 is 1.25 bits per heavy atom. The van der Waals surface area contributed by atoms with Crippen LogP contribution in [0.5, 0.6) is 0 Å². The van der Waals surface area contributed by atoms with Crippen LogP contribution in [0.2, 0.25) is 25.2 Å². The van der Waals surface area contributed by atoms with Crippen LogP contribution in [-0.4, -0.2) is 186 Å². The van der Waals surface area contributed by atoms with Gasteiger partial charge in [-0.3, -0.25) is 9.59 Å². The lowest BCUT2D eigenvalue weighted by Gasteiger charge is -2.47. The molecule has 3 saturated heterocycles. The Balaban J connectivity index is 1.62. The lowest BCUT2D eigenvalue weighted by atomic mass is 9.81. The molecule has 408 valence electrons. The molecule has 4 rings (SSSR count). The molecule has 3 fully saturated rings. The summed E-state index contributed by atoms with van der Waals surface area (Å²) in [6.07, 6.45) is 5.48. The second-order valence-corrected chi connectivity index (χ2v) is 26.5. The summed E-state index contributed by atoms with van der Waals surface area (Å²) in [6, 6.07) is 0.602. The number of aliphatic hydroxyl groups excluding tert-OH is 9. The zero-order chi connectivity index (χ0) is 53.3. The van der Waals surface area contributed by atoms with E-state index in [2.05, 4.69) is 13.1 Å². The zero-order valence-corrected chi connectivity index (χ0v) is 43.9. The third-order valence-corrected chi connectivity index (χ3v) is 17.6. The Bertz CT molecular complexity index is 1880. The molecule has 12 N–H and O–H groups in total. The molecule has 0 aromatic carbocycles. The van der Waals surface area contributed by atoms with Crippen molar-refractivity contribution in [1.29, 1.82) is 0 Å². The van der Waals surface area contributed by atoms with E-state index in [1.807, 2.05) is 61.6 Å². The molecular formula is C53H86N2O16Si. The summed E-state index contributed by atoms with van der Waals surface area (Å²) < 4.78 is 24.0. The molecule has 0 radical (unpaired) electrons. The van der Waals surface area contributed by atoms with Crippen LogP contribution in [0.15, 0.2) is 85.1 Å². The molecule has 4 aliphatic heterocycles. The number of hydrogen-bond donors (Lipinski definition) is 11. The standard InChI is InChI=1S/C53H86N2O16Si/c1-33-19-17-15-13-11-9-7-8-10-12-14-16-18-20-40(70-52-50(65)47(54)49(64)36(4)69-52)30-44-46(51(66)55-23-25-72(5,6)26-24-55)43(61)32-53(67,71-44)31-39(58)28-42(60)41(59)22-21-37(56)27-38(57)29-45(62)68-35(3)34(2)48(33)63/h7-20,33-44,46-50,52,56-61,63-65,67H,21-32,54H2,1-6H3/b8-7+,11-9+,12-10+,15-13+,16-14+,19-17+,20-18+/t33-,34-,35-,36+,37+,38+,39-,40-,41+,42+,43-,44?,46+,47-,48+,49+,50-,52?,53+/m0/s1. The van der Waals surface area contributed by atoms with E-state index in [1.165, 1.54) is 0 Å². The molecule has 18 nitrogen and oxygen atoms in total. The predicted molar refractivity (Wildman–Crippen MR) is 273 cm³/mol. The Hall–Kier alpha value is -3.22. The molecule has 4 heterocycles. The average Bonchev–Trinajstić information content (AvgIpc) is 3.30. The number of amides is 1. The number of nitrogens with two attached hydrogens (primary N) is 1. The van der Waals surface area contributed by atoms with Crippen LogP contribution < -0.4 is 5.73 Å². The average molecular weight is 1040 g/mol. The maximum absolute atomic E-state index is 14.4. The minimum atomic E-state index is -2.24. The number of hydrogen-bond acceptors (Lipinski definition) is 17. The quantitative estimate of drug-likeness (QED) is 0.143. The second kappa shape index (κ2) is 29.2. The number of allylic oxidation sites excluding steroid dienone is 12. The van der Waals surface area contributed by atoms with Crippen molar-refractivity contribution in [2.24, 2.45) is 23.5 Å². The molecule has 0 aromatic heterocycles. The van der Waals surface area contributed by atoms with Gasteiger partial charge in [0.15, 0.2) is 12.1 Å². The molecule has 0 spiro atoms. The normalized spacial score (nSPS) is 44.3. The summed E-state index contributed by atoms with van der Waals surface area (Å²) in [4.78, 5) is 28.8. The maximum Gasteiger partial charge on any atom is 0.308 e. The molecular weight excluding hydrogens is 949 g/mol. The molecule has 0 aromatic rings. The van der Waals surface area contributed by atoms with Crippen molar-refractivity contribution in [3.05, 3.63) is 85.1 Å². The van der Waals surface area contributed by atoms with Crippen LogP contribution in [0.25, 0.3) is 0 Å². The maximum atomic E-state index is 14.4. The molecule has 0 saturated carbocycles. The zero-order valence-electron chi connectivity index (χ0n) is 42.9. The highest BCUT2D eigenvalue weighted by atomic mass is 28.3. The molecule has 4 aliphatic rings. The highest BCUT2D eigenvalue weighted by molar-refractivity contribution is 6.77. The first-order chi connectivity index (χ1) is 33.9. The summed E-state index contributed by atoms with van der Waals surface area (Å²) in [5, 5.41) is 111. The van der Waals surface area contributed by atoms with Gasteiger partial charge < -0.3 is 80.6 Å². The Morgan fingerprint density at radius 1 is 0.681 bits per heavy atom. The van der Waals surface area contributed by atoms with E-state index in [4.69, 9.17) is 24.7 Å². The molecule has 19 atom stereocenters. The number of rotatable bonds is 3. The van der Waals surface area contributed by atoms with Crippen LogP contribution in [0.3, 0.4) is 0 Å². The van der Waals surface area contributed by atoms with Crippen molar-refractivity contribution in [1.82, 2.24) is 4.90 Å². The van der Waals surface area contributed by atoms with Gasteiger partial charge in [-0.05, 0) is 45.2 Å². The van der Waals surface area contributed by atoms with Crippen molar-refractivity contribution in [2.45, 2.75) is 202 Å². The van der Waals surface area contributed by atoms with E-state index < -0.39 is 149 Å². The van der Waals surface area contributed by atoms with Crippen LogP contribution >= 0.6 is 0 Å². The number of esters is 1. The second-order valence-electron chi connectivity index (χ2n) is 21.2. The third kappa shape index (κ3) is 19.5. The van der Waals surface area contributed by atoms with Crippen LogP contribution in [-0.2, 0) is 28.5 Å². The van der Waals surface area contributed by atoms with E-state index in [0.29, 0.717) is 13.1 Å². The summed E-state index contributed by atoms with van der Waals surface area (Å²) in [6.45, 7) is 12.3. The number of carbonyl (C=O) groups is 2. The van der Waals surface area contributed by atoms with Gasteiger partial charge in [0.25, 0.3) is 0 Å². The predicted octanol–water partition coefficient (Wildman–Crippen LogP) is 2.18. The SMILES string of the molecule is C[C@@H]1[C@H](O)[C@@H](C)/C=C/C=C/C=C/C=C/C=C/C=C/C=C/[C@H](OC2O[C@H](C)[C@@H](O)[C@H](N)[C@@H]2O)CC2O[C@](O)(C[C@@H](O)C[C@@H](O)[C@H](O)CC[C@@H](O)C[C@@H](O)CC(=O)O[C@H]1C)C[C@H](O)[C@H]2C(=O)N1CC[Si](C)(C)CC1. The van der Waals surface area contributed by atoms with E-state index >= 15 is 0 Å². The van der Waals surface area contributed by atoms with Crippen LogP contribution in [0, 0.1) is 17.8 Å². The summed E-state index contributed by atoms with van der Waals surface area (Å²) in [5.74, 6) is -5.24. The highest BCUT2D eigenvalue weighted by Crippen LogP contribution is 2.39. The van der Waals surface area contributed by atoms with E-state index in [9.17, 15) is 60.7 Å². The number of carbonyl (C=O) groups excluding carboxylic acids is 2. The Morgan fingerprint density at radius 3 is 1.85 bits per heavy atom. The summed E-state index contributed by atoms with van der Waals surface area (Å²) >= 11 is 0. The van der Waals surface area contributed by atoms with Crippen LogP contribution in [0.4, 0.5) is 0 Å². The lowest BCUT2D eigenvalue weighted by Crippen LogP contribution is -2.62. The number of ether oxygens (including phenoxy) is 4. The number of nitrogens with zero attached hydrogens (tertiary/aromatic N) is 1. The van der Waals surface area contributed by atoms with Crippen molar-refractivity contribution < 1.29 is 79.6 Å². The van der Waals surface area contributed by atoms with E-state index in [-0.39, 0.29) is 37.5 Å². The molecule has 1 amide bonds. The van der Waals surface area contributed by atoms with Gasteiger partial charge in [0.1, 0.15) is 12.2 Å². The number of aliphatic hydroxyl groups is 10. The third-order valence-electron chi connectivity index (χ3n) is 14.5. The fraction of sp³-hybridized carbons (Fsp3) is 0.698. The van der Waals surface area contributed by atoms with Gasteiger partial charge in [-0.15, -0.1) is 0 Å². The Labute approximate surface area is 426 Å².